The monoisotopic (exact) mass is 337 g/mol. The number of hydrogen-bond acceptors (Lipinski definition) is 4. The normalized spacial score (nSPS) is 17.6. The van der Waals surface area contributed by atoms with E-state index in [4.69, 9.17) is 9.15 Å². The summed E-state index contributed by atoms with van der Waals surface area (Å²) in [6.07, 6.45) is 5.22. The van der Waals surface area contributed by atoms with E-state index in [-0.39, 0.29) is 11.9 Å². The number of hydrogen-bond donors (Lipinski definition) is 0. The molecular weight excluding hydrogens is 318 g/mol. The number of furan rings is 1. The van der Waals surface area contributed by atoms with E-state index >= 15 is 0 Å². The van der Waals surface area contributed by atoms with E-state index in [1.807, 2.05) is 40.9 Å². The van der Waals surface area contributed by atoms with Crippen LogP contribution in [0.2, 0.25) is 0 Å². The standard InChI is InChI=1S/C19H19N3O3/c1-21-8-2-4-16(21)17-13-24-11-9-22(17)19(23)14-6-7-20-15(12-14)18-5-3-10-25-18/h2-8,10,12,17H,9,11,13H2,1H3. The van der Waals surface area contributed by atoms with Crippen LogP contribution in [-0.4, -0.2) is 40.1 Å². The van der Waals surface area contributed by atoms with Gasteiger partial charge >= 0.3 is 0 Å². The Kier molecular flexibility index (Phi) is 4.11. The number of carbonyl (C=O) groups is 1. The molecule has 6 nitrogen and oxygen atoms in total. The summed E-state index contributed by atoms with van der Waals surface area (Å²) < 4.78 is 13.0. The number of nitrogens with zero attached hydrogens (tertiary/aromatic N) is 3. The van der Waals surface area contributed by atoms with Crippen LogP contribution in [0.5, 0.6) is 0 Å². The highest BCUT2D eigenvalue weighted by atomic mass is 16.5. The number of rotatable bonds is 3. The van der Waals surface area contributed by atoms with Gasteiger partial charge in [-0.3, -0.25) is 9.78 Å². The summed E-state index contributed by atoms with van der Waals surface area (Å²) in [5.41, 5.74) is 2.32. The van der Waals surface area contributed by atoms with Crippen LogP contribution in [0.25, 0.3) is 11.5 Å². The Bertz CT molecular complexity index is 870. The SMILES string of the molecule is Cn1cccc1C1COCCN1C(=O)c1ccnc(-c2ccco2)c1. The molecule has 1 amide bonds. The van der Waals surface area contributed by atoms with Crippen LogP contribution in [0.15, 0.2) is 59.5 Å². The molecule has 1 fully saturated rings. The van der Waals surface area contributed by atoms with E-state index in [0.717, 1.165) is 5.69 Å². The second kappa shape index (κ2) is 6.57. The Labute approximate surface area is 145 Å². The summed E-state index contributed by atoms with van der Waals surface area (Å²) in [5.74, 6) is 0.625. The van der Waals surface area contributed by atoms with Gasteiger partial charge in [0, 0.05) is 37.2 Å². The van der Waals surface area contributed by atoms with Gasteiger partial charge in [0.1, 0.15) is 5.69 Å². The fourth-order valence-electron chi connectivity index (χ4n) is 3.20. The molecular formula is C19H19N3O3. The Balaban J connectivity index is 1.65. The Morgan fingerprint density at radius 2 is 2.20 bits per heavy atom. The molecule has 1 aliphatic rings. The molecule has 4 rings (SSSR count). The fourth-order valence-corrected chi connectivity index (χ4v) is 3.20. The molecule has 1 saturated heterocycles. The van der Waals surface area contributed by atoms with Gasteiger partial charge in [-0.1, -0.05) is 0 Å². The second-order valence-corrected chi connectivity index (χ2v) is 6.04. The van der Waals surface area contributed by atoms with E-state index in [9.17, 15) is 4.79 Å². The van der Waals surface area contributed by atoms with Gasteiger partial charge in [-0.25, -0.2) is 0 Å². The minimum absolute atomic E-state index is 0.0234. The lowest BCUT2D eigenvalue weighted by atomic mass is 10.1. The van der Waals surface area contributed by atoms with Crippen LogP contribution < -0.4 is 0 Å². The minimum atomic E-state index is -0.0959. The topological polar surface area (TPSA) is 60.5 Å². The van der Waals surface area contributed by atoms with Crippen molar-refractivity contribution in [3.63, 3.8) is 0 Å². The Hall–Kier alpha value is -2.86. The first-order valence-corrected chi connectivity index (χ1v) is 8.24. The van der Waals surface area contributed by atoms with Crippen LogP contribution in [0.3, 0.4) is 0 Å². The number of aryl methyl sites for hydroxylation is 1. The van der Waals surface area contributed by atoms with Crippen molar-refractivity contribution in [3.05, 3.63) is 66.3 Å². The summed E-state index contributed by atoms with van der Waals surface area (Å²) >= 11 is 0. The highest BCUT2D eigenvalue weighted by Gasteiger charge is 2.30. The van der Waals surface area contributed by atoms with Gasteiger partial charge in [0.2, 0.25) is 0 Å². The molecule has 0 spiro atoms. The first-order chi connectivity index (χ1) is 12.2. The number of carbonyl (C=O) groups excluding carboxylic acids is 1. The van der Waals surface area contributed by atoms with Crippen molar-refractivity contribution >= 4 is 5.91 Å². The zero-order chi connectivity index (χ0) is 17.2. The van der Waals surface area contributed by atoms with Gasteiger partial charge in [0.05, 0.1) is 25.5 Å². The molecule has 0 N–H and O–H groups in total. The van der Waals surface area contributed by atoms with Crippen molar-refractivity contribution in [1.82, 2.24) is 14.5 Å². The summed E-state index contributed by atoms with van der Waals surface area (Å²) in [4.78, 5) is 19.3. The Morgan fingerprint density at radius 3 is 2.96 bits per heavy atom. The van der Waals surface area contributed by atoms with E-state index in [2.05, 4.69) is 4.98 Å². The summed E-state index contributed by atoms with van der Waals surface area (Å²) in [5, 5.41) is 0. The van der Waals surface area contributed by atoms with Crippen molar-refractivity contribution in [2.24, 2.45) is 7.05 Å². The molecule has 1 unspecified atom stereocenters. The smallest absolute Gasteiger partial charge is 0.254 e. The van der Waals surface area contributed by atoms with Crippen LogP contribution in [0.4, 0.5) is 0 Å². The molecule has 1 aliphatic heterocycles. The lowest BCUT2D eigenvalue weighted by Crippen LogP contribution is -2.44. The summed E-state index contributed by atoms with van der Waals surface area (Å²) in [6.45, 7) is 1.61. The van der Waals surface area contributed by atoms with Crippen LogP contribution in [0.1, 0.15) is 22.1 Å². The molecule has 1 atom stereocenters. The third kappa shape index (κ3) is 2.96. The van der Waals surface area contributed by atoms with Crippen molar-refractivity contribution < 1.29 is 13.9 Å². The van der Waals surface area contributed by atoms with Crippen LogP contribution >= 0.6 is 0 Å². The zero-order valence-corrected chi connectivity index (χ0v) is 14.0. The average molecular weight is 337 g/mol. The number of amides is 1. The molecule has 0 bridgehead atoms. The van der Waals surface area contributed by atoms with Crippen molar-refractivity contribution in [2.45, 2.75) is 6.04 Å². The molecule has 0 radical (unpaired) electrons. The highest BCUT2D eigenvalue weighted by molar-refractivity contribution is 5.95. The number of morpholine rings is 1. The molecule has 0 saturated carbocycles. The maximum atomic E-state index is 13.1. The van der Waals surface area contributed by atoms with Gasteiger partial charge in [0.15, 0.2) is 5.76 Å². The van der Waals surface area contributed by atoms with E-state index in [0.29, 0.717) is 36.8 Å². The van der Waals surface area contributed by atoms with Gasteiger partial charge < -0.3 is 18.6 Å². The maximum Gasteiger partial charge on any atom is 0.254 e. The molecule has 3 aromatic heterocycles. The van der Waals surface area contributed by atoms with Gasteiger partial charge in [-0.2, -0.15) is 0 Å². The van der Waals surface area contributed by atoms with Crippen molar-refractivity contribution in [3.8, 4) is 11.5 Å². The van der Waals surface area contributed by atoms with E-state index in [1.165, 1.54) is 0 Å². The quantitative estimate of drug-likeness (QED) is 0.737. The van der Waals surface area contributed by atoms with E-state index in [1.54, 1.807) is 30.7 Å². The molecule has 0 aliphatic carbocycles. The van der Waals surface area contributed by atoms with Gasteiger partial charge in [-0.15, -0.1) is 0 Å². The van der Waals surface area contributed by atoms with Crippen molar-refractivity contribution in [1.29, 1.82) is 0 Å². The average Bonchev–Trinajstić information content (AvgIpc) is 3.33. The lowest BCUT2D eigenvalue weighted by molar-refractivity contribution is -0.00463. The Morgan fingerprint density at radius 1 is 1.28 bits per heavy atom. The maximum absolute atomic E-state index is 13.1. The predicted molar refractivity (Wildman–Crippen MR) is 91.9 cm³/mol. The third-order valence-electron chi connectivity index (χ3n) is 4.50. The van der Waals surface area contributed by atoms with Gasteiger partial charge in [-0.05, 0) is 36.4 Å². The zero-order valence-electron chi connectivity index (χ0n) is 14.0. The molecule has 25 heavy (non-hydrogen) atoms. The largest absolute Gasteiger partial charge is 0.463 e. The molecule has 4 heterocycles. The van der Waals surface area contributed by atoms with Crippen LogP contribution in [0, 0.1) is 0 Å². The first kappa shape index (κ1) is 15.7. The fraction of sp³-hybridized carbons (Fsp3) is 0.263. The first-order valence-electron chi connectivity index (χ1n) is 8.24. The summed E-state index contributed by atoms with van der Waals surface area (Å²) in [6, 6.07) is 11.1. The second-order valence-electron chi connectivity index (χ2n) is 6.04. The molecule has 0 aromatic carbocycles. The highest BCUT2D eigenvalue weighted by Crippen LogP contribution is 2.27. The molecule has 6 heteroatoms. The van der Waals surface area contributed by atoms with E-state index < -0.39 is 0 Å². The van der Waals surface area contributed by atoms with Crippen LogP contribution in [-0.2, 0) is 11.8 Å². The summed E-state index contributed by atoms with van der Waals surface area (Å²) in [7, 11) is 1.98. The lowest BCUT2D eigenvalue weighted by Gasteiger charge is -2.36. The molecule has 3 aromatic rings. The number of ether oxygens (including phenoxy) is 1. The number of pyridine rings is 1. The minimum Gasteiger partial charge on any atom is -0.463 e. The van der Waals surface area contributed by atoms with Gasteiger partial charge in [0.25, 0.3) is 5.91 Å². The predicted octanol–water partition coefficient (Wildman–Crippen LogP) is 2.89. The van der Waals surface area contributed by atoms with Crippen molar-refractivity contribution in [2.75, 3.05) is 19.8 Å². The number of aromatic nitrogens is 2. The third-order valence-corrected chi connectivity index (χ3v) is 4.50. The molecule has 128 valence electrons.